The zero-order valence-corrected chi connectivity index (χ0v) is 24.6. The monoisotopic (exact) mass is 593 g/mol. The van der Waals surface area contributed by atoms with Crippen LogP contribution in [0.4, 0.5) is 21.6 Å². The van der Waals surface area contributed by atoms with Crippen molar-refractivity contribution in [1.29, 1.82) is 5.41 Å². The van der Waals surface area contributed by atoms with E-state index in [1.165, 1.54) is 24.3 Å². The standard InChI is InChI=1S/C30H33ClFN7O3/c1-6-21(42)38-14-18-13-37(5)28-23(29(33)39(18)12-16(38)3)30(35-25-15(2)10-11-34-26(25)17(4)40)36-27(24(28)31)22-19(32)8-7-9-20(22)41/h6-11,16-18,33,40-41H,1,12-14H2,2-5H3,(H,35,36). The van der Waals surface area contributed by atoms with Gasteiger partial charge >= 0.3 is 0 Å². The van der Waals surface area contributed by atoms with Crippen LogP contribution in [-0.2, 0) is 4.79 Å². The molecule has 0 radical (unpaired) electrons. The highest BCUT2D eigenvalue weighted by molar-refractivity contribution is 6.37. The predicted molar refractivity (Wildman–Crippen MR) is 161 cm³/mol. The molecule has 4 heterocycles. The van der Waals surface area contributed by atoms with Gasteiger partial charge in [0.1, 0.15) is 28.9 Å². The number of carbonyl (C=O) groups excluding carboxylic acids is 1. The second kappa shape index (κ2) is 11.2. The molecule has 2 aromatic heterocycles. The topological polar surface area (TPSA) is 129 Å². The van der Waals surface area contributed by atoms with Gasteiger partial charge in [-0.1, -0.05) is 24.2 Å². The number of hydrogen-bond donors (Lipinski definition) is 4. The summed E-state index contributed by atoms with van der Waals surface area (Å²) in [5.41, 5.74) is 2.21. The first kappa shape index (κ1) is 29.3. The average Bonchev–Trinajstić information content (AvgIpc) is 3.04. The van der Waals surface area contributed by atoms with E-state index in [-0.39, 0.29) is 51.7 Å². The van der Waals surface area contributed by atoms with Crippen molar-refractivity contribution >= 4 is 40.5 Å². The van der Waals surface area contributed by atoms with Crippen LogP contribution >= 0.6 is 11.6 Å². The highest BCUT2D eigenvalue weighted by atomic mass is 35.5. The lowest BCUT2D eigenvalue weighted by Crippen LogP contribution is -2.61. The number of aryl methyl sites for hydroxylation is 1. The molecule has 0 spiro atoms. The highest BCUT2D eigenvalue weighted by Gasteiger charge is 2.41. The van der Waals surface area contributed by atoms with Crippen LogP contribution in [-0.4, -0.2) is 80.5 Å². The maximum atomic E-state index is 15.2. The summed E-state index contributed by atoms with van der Waals surface area (Å²) in [6.45, 7) is 10.1. The van der Waals surface area contributed by atoms with Gasteiger partial charge in [0.05, 0.1) is 45.4 Å². The number of aromatic hydroxyl groups is 1. The molecule has 4 N–H and O–H groups in total. The van der Waals surface area contributed by atoms with E-state index >= 15 is 4.39 Å². The number of amidine groups is 1. The summed E-state index contributed by atoms with van der Waals surface area (Å²) in [4.78, 5) is 27.2. The van der Waals surface area contributed by atoms with Crippen molar-refractivity contribution in [2.24, 2.45) is 0 Å². The quantitative estimate of drug-likeness (QED) is 0.316. The van der Waals surface area contributed by atoms with Gasteiger partial charge in [-0.25, -0.2) is 9.37 Å². The maximum Gasteiger partial charge on any atom is 0.246 e. The Morgan fingerprint density at radius 2 is 2.02 bits per heavy atom. The van der Waals surface area contributed by atoms with Gasteiger partial charge in [-0.05, 0) is 50.6 Å². The van der Waals surface area contributed by atoms with Crippen LogP contribution < -0.4 is 10.2 Å². The molecular formula is C30H33ClFN7O3. The lowest BCUT2D eigenvalue weighted by molar-refractivity contribution is -0.130. The Balaban J connectivity index is 1.76. The summed E-state index contributed by atoms with van der Waals surface area (Å²) < 4.78 is 15.2. The molecule has 1 aromatic carbocycles. The Hall–Kier alpha value is -4.22. The lowest BCUT2D eigenvalue weighted by atomic mass is 10.0. The molecule has 12 heteroatoms. The SMILES string of the molecule is C=CC(=O)N1CC2CN(C)c3c(Cl)c(-c4c(O)cccc4F)nc(Nc4c(C)ccnc4C(C)O)c3C(=N)N2CC1C. The molecule has 0 aliphatic carbocycles. The molecule has 3 atom stereocenters. The summed E-state index contributed by atoms with van der Waals surface area (Å²) in [5.74, 6) is -0.935. The summed E-state index contributed by atoms with van der Waals surface area (Å²) in [6.07, 6.45) is 1.96. The van der Waals surface area contributed by atoms with E-state index < -0.39 is 11.9 Å². The van der Waals surface area contributed by atoms with Crippen molar-refractivity contribution in [3.05, 3.63) is 70.8 Å². The van der Waals surface area contributed by atoms with E-state index in [1.54, 1.807) is 24.1 Å². The van der Waals surface area contributed by atoms with Crippen LogP contribution in [0.1, 0.15) is 36.8 Å². The van der Waals surface area contributed by atoms with Gasteiger partial charge in [0.15, 0.2) is 0 Å². The van der Waals surface area contributed by atoms with Crippen LogP contribution in [0.15, 0.2) is 43.1 Å². The fourth-order valence-corrected chi connectivity index (χ4v) is 6.13. The minimum Gasteiger partial charge on any atom is -0.507 e. The van der Waals surface area contributed by atoms with Crippen molar-refractivity contribution in [3.63, 3.8) is 0 Å². The Morgan fingerprint density at radius 1 is 1.29 bits per heavy atom. The zero-order chi connectivity index (χ0) is 30.5. The number of anilines is 3. The first-order valence-electron chi connectivity index (χ1n) is 13.6. The molecule has 10 nitrogen and oxygen atoms in total. The van der Waals surface area contributed by atoms with E-state index in [9.17, 15) is 20.4 Å². The number of benzene rings is 1. The number of nitrogens with one attached hydrogen (secondary N) is 2. The molecule has 2 aliphatic rings. The van der Waals surface area contributed by atoms with Gasteiger partial charge in [-0.2, -0.15) is 0 Å². The van der Waals surface area contributed by atoms with Crippen molar-refractivity contribution in [1.82, 2.24) is 19.8 Å². The number of rotatable bonds is 5. The van der Waals surface area contributed by atoms with Crippen molar-refractivity contribution in [2.75, 3.05) is 36.9 Å². The van der Waals surface area contributed by atoms with E-state index in [2.05, 4.69) is 16.9 Å². The van der Waals surface area contributed by atoms with Crippen LogP contribution in [0, 0.1) is 18.2 Å². The van der Waals surface area contributed by atoms with Gasteiger partial charge in [0.2, 0.25) is 5.91 Å². The lowest BCUT2D eigenvalue weighted by Gasteiger charge is -2.45. The summed E-state index contributed by atoms with van der Waals surface area (Å²) in [6, 6.07) is 5.26. The van der Waals surface area contributed by atoms with Crippen LogP contribution in [0.2, 0.25) is 5.02 Å². The number of aliphatic hydroxyl groups excluding tert-OH is 1. The van der Waals surface area contributed by atoms with Crippen LogP contribution in [0.3, 0.4) is 0 Å². The van der Waals surface area contributed by atoms with Gasteiger partial charge in [-0.3, -0.25) is 15.2 Å². The minimum absolute atomic E-state index is 0.00925. The molecule has 42 heavy (non-hydrogen) atoms. The number of likely N-dealkylation sites (N-methyl/N-ethyl adjacent to an activating group) is 1. The number of nitrogens with zero attached hydrogens (tertiary/aromatic N) is 5. The number of hydrogen-bond acceptors (Lipinski definition) is 8. The predicted octanol–water partition coefficient (Wildman–Crippen LogP) is 4.61. The minimum atomic E-state index is -0.920. The second-order valence-corrected chi connectivity index (χ2v) is 11.1. The van der Waals surface area contributed by atoms with Gasteiger partial charge in [0.25, 0.3) is 0 Å². The second-order valence-electron chi connectivity index (χ2n) is 10.7. The third kappa shape index (κ3) is 4.92. The molecule has 2 aliphatic heterocycles. The molecule has 0 bridgehead atoms. The Kier molecular flexibility index (Phi) is 7.82. The molecule has 1 saturated heterocycles. The first-order chi connectivity index (χ1) is 19.9. The van der Waals surface area contributed by atoms with E-state index in [1.807, 2.05) is 30.7 Å². The first-order valence-corrected chi connectivity index (χ1v) is 13.9. The van der Waals surface area contributed by atoms with Crippen molar-refractivity contribution < 1.29 is 19.4 Å². The van der Waals surface area contributed by atoms with E-state index in [0.717, 1.165) is 5.56 Å². The number of aliphatic hydroxyl groups is 1. The van der Waals surface area contributed by atoms with Gasteiger partial charge < -0.3 is 30.2 Å². The molecule has 1 fully saturated rings. The number of phenolic OH excluding ortho intramolecular Hbond substituents is 1. The van der Waals surface area contributed by atoms with E-state index in [4.69, 9.17) is 16.6 Å². The van der Waals surface area contributed by atoms with Crippen LogP contribution in [0.25, 0.3) is 11.3 Å². The normalized spacial score (nSPS) is 19.1. The van der Waals surface area contributed by atoms with Crippen molar-refractivity contribution in [2.45, 2.75) is 39.0 Å². The Labute approximate surface area is 248 Å². The molecule has 5 rings (SSSR count). The van der Waals surface area contributed by atoms with Gasteiger partial charge in [-0.15, -0.1) is 0 Å². The van der Waals surface area contributed by atoms with Crippen molar-refractivity contribution in [3.8, 4) is 17.0 Å². The third-order valence-electron chi connectivity index (χ3n) is 7.86. The fraction of sp³-hybridized carbons (Fsp3) is 0.333. The third-order valence-corrected chi connectivity index (χ3v) is 8.22. The molecule has 220 valence electrons. The van der Waals surface area contributed by atoms with Gasteiger partial charge in [0, 0.05) is 38.9 Å². The Morgan fingerprint density at radius 3 is 2.69 bits per heavy atom. The number of fused-ring (bicyclic) bond motifs is 2. The number of aromatic nitrogens is 2. The Bertz CT molecular complexity index is 1580. The molecular weight excluding hydrogens is 561 g/mol. The molecule has 3 unspecified atom stereocenters. The fourth-order valence-electron chi connectivity index (χ4n) is 5.76. The summed E-state index contributed by atoms with van der Waals surface area (Å²) in [7, 11) is 1.81. The number of halogens is 2. The summed E-state index contributed by atoms with van der Waals surface area (Å²) in [5, 5.41) is 33.9. The highest BCUT2D eigenvalue weighted by Crippen LogP contribution is 2.46. The molecule has 1 amide bonds. The number of phenols is 1. The molecule has 0 saturated carbocycles. The largest absolute Gasteiger partial charge is 0.507 e. The average molecular weight is 594 g/mol. The number of amides is 1. The van der Waals surface area contributed by atoms with Crippen LogP contribution in [0.5, 0.6) is 5.75 Å². The zero-order valence-electron chi connectivity index (χ0n) is 23.8. The smallest absolute Gasteiger partial charge is 0.246 e. The summed E-state index contributed by atoms with van der Waals surface area (Å²) >= 11 is 7.00. The maximum absolute atomic E-state index is 15.2. The number of pyridine rings is 2. The number of carbonyl (C=O) groups is 1. The number of piperazine rings is 1. The molecule has 3 aromatic rings. The van der Waals surface area contributed by atoms with E-state index in [0.29, 0.717) is 42.3 Å².